The van der Waals surface area contributed by atoms with Gasteiger partial charge in [-0.25, -0.2) is 0 Å². The monoisotopic (exact) mass is 319 g/mol. The summed E-state index contributed by atoms with van der Waals surface area (Å²) < 4.78 is 0. The molecule has 1 aromatic rings. The van der Waals surface area contributed by atoms with Crippen LogP contribution in [0.4, 0.5) is 0 Å². The molecule has 1 amide bonds. The Hall–Kier alpha value is -1.42. The van der Waals surface area contributed by atoms with Gasteiger partial charge in [-0.05, 0) is 41.2 Å². The molecule has 0 atom stereocenters. The van der Waals surface area contributed by atoms with Crippen LogP contribution in [0.2, 0.25) is 0 Å². The van der Waals surface area contributed by atoms with Crippen LogP contribution in [0.1, 0.15) is 50.8 Å². The van der Waals surface area contributed by atoms with Gasteiger partial charge in [-0.2, -0.15) is 0 Å². The molecule has 1 saturated heterocycles. The number of phenolic OH excluding ortho intramolecular Hbond substituents is 1. The third-order valence-corrected chi connectivity index (χ3v) is 4.93. The standard InChI is InChI=1S/C18H25NO2S/c1-6-7-13-8-12(9-14(16(13)20)18(2,3)4)10-15-17(21)19(5)11-22-15/h8-10,20H,6-7,11H2,1-5H3/b15-10-. The number of carbonyl (C=O) groups is 1. The van der Waals surface area contributed by atoms with Gasteiger partial charge in [0.15, 0.2) is 0 Å². The van der Waals surface area contributed by atoms with Crippen LogP contribution in [0.25, 0.3) is 6.08 Å². The SMILES string of the molecule is CCCc1cc(/C=C2\SCN(C)C2=O)cc(C(C)(C)C)c1O. The van der Waals surface area contributed by atoms with Crippen LogP contribution in [0.15, 0.2) is 17.0 Å². The van der Waals surface area contributed by atoms with E-state index >= 15 is 0 Å². The average Bonchev–Trinajstić information content (AvgIpc) is 2.73. The molecular formula is C18H25NO2S. The zero-order valence-corrected chi connectivity index (χ0v) is 14.9. The molecule has 1 aliphatic rings. The van der Waals surface area contributed by atoms with E-state index < -0.39 is 0 Å². The summed E-state index contributed by atoms with van der Waals surface area (Å²) in [4.78, 5) is 14.5. The van der Waals surface area contributed by atoms with Crippen molar-refractivity contribution < 1.29 is 9.90 Å². The third kappa shape index (κ3) is 3.49. The minimum absolute atomic E-state index is 0.0763. The van der Waals surface area contributed by atoms with E-state index in [9.17, 15) is 9.90 Å². The fourth-order valence-corrected chi connectivity index (χ4v) is 3.51. The van der Waals surface area contributed by atoms with Crippen LogP contribution in [-0.4, -0.2) is 28.8 Å². The van der Waals surface area contributed by atoms with Gasteiger partial charge >= 0.3 is 0 Å². The van der Waals surface area contributed by atoms with Gasteiger partial charge in [-0.3, -0.25) is 4.79 Å². The van der Waals surface area contributed by atoms with Gasteiger partial charge in [0.25, 0.3) is 5.91 Å². The molecule has 120 valence electrons. The number of carbonyl (C=O) groups excluding carboxylic acids is 1. The maximum atomic E-state index is 12.1. The molecule has 0 unspecified atom stereocenters. The van der Waals surface area contributed by atoms with Gasteiger partial charge in [0.2, 0.25) is 0 Å². The van der Waals surface area contributed by atoms with Gasteiger partial charge in [-0.15, -0.1) is 0 Å². The Morgan fingerprint density at radius 1 is 1.36 bits per heavy atom. The van der Waals surface area contributed by atoms with Crippen molar-refractivity contribution in [2.75, 3.05) is 12.9 Å². The Morgan fingerprint density at radius 2 is 2.05 bits per heavy atom. The van der Waals surface area contributed by atoms with E-state index in [1.807, 2.05) is 25.3 Å². The lowest BCUT2D eigenvalue weighted by Gasteiger charge is -2.23. The summed E-state index contributed by atoms with van der Waals surface area (Å²) in [7, 11) is 1.82. The lowest BCUT2D eigenvalue weighted by atomic mass is 9.83. The highest BCUT2D eigenvalue weighted by Gasteiger charge is 2.24. The molecule has 0 bridgehead atoms. The van der Waals surface area contributed by atoms with Gasteiger partial charge in [0.05, 0.1) is 10.8 Å². The number of likely N-dealkylation sites (N-methyl/N-ethyl adjacent to an activating group) is 1. The Kier molecular flexibility index (Phi) is 4.90. The average molecular weight is 319 g/mol. The number of rotatable bonds is 3. The minimum atomic E-state index is -0.134. The molecule has 1 aliphatic heterocycles. The van der Waals surface area contributed by atoms with Crippen molar-refractivity contribution in [1.82, 2.24) is 4.90 Å². The molecule has 1 N–H and O–H groups in total. The quantitative estimate of drug-likeness (QED) is 0.851. The van der Waals surface area contributed by atoms with E-state index in [2.05, 4.69) is 27.7 Å². The first kappa shape index (κ1) is 16.9. The number of hydrogen-bond donors (Lipinski definition) is 1. The second kappa shape index (κ2) is 6.37. The molecular weight excluding hydrogens is 294 g/mol. The molecule has 22 heavy (non-hydrogen) atoms. The van der Waals surface area contributed by atoms with Crippen molar-refractivity contribution in [2.24, 2.45) is 0 Å². The van der Waals surface area contributed by atoms with E-state index in [-0.39, 0.29) is 11.3 Å². The third-order valence-electron chi connectivity index (χ3n) is 3.81. The van der Waals surface area contributed by atoms with Gasteiger partial charge in [0, 0.05) is 12.6 Å². The summed E-state index contributed by atoms with van der Waals surface area (Å²) in [5, 5.41) is 10.5. The zero-order valence-electron chi connectivity index (χ0n) is 14.1. The van der Waals surface area contributed by atoms with Gasteiger partial charge < -0.3 is 10.0 Å². The maximum Gasteiger partial charge on any atom is 0.260 e. The summed E-state index contributed by atoms with van der Waals surface area (Å²) in [5.74, 6) is 1.18. The van der Waals surface area contributed by atoms with Crippen molar-refractivity contribution in [2.45, 2.75) is 46.0 Å². The normalized spacial score (nSPS) is 17.6. The Labute approximate surface area is 137 Å². The summed E-state index contributed by atoms with van der Waals surface area (Å²) in [6.07, 6.45) is 3.77. The summed E-state index contributed by atoms with van der Waals surface area (Å²) >= 11 is 1.57. The number of thioether (sulfide) groups is 1. The minimum Gasteiger partial charge on any atom is -0.507 e. The number of nitrogens with zero attached hydrogens (tertiary/aromatic N) is 1. The molecule has 0 saturated carbocycles. The molecule has 0 aliphatic carbocycles. The van der Waals surface area contributed by atoms with Crippen molar-refractivity contribution in [3.8, 4) is 5.75 Å². The van der Waals surface area contributed by atoms with Crippen LogP contribution in [0.3, 0.4) is 0 Å². The molecule has 0 spiro atoms. The lowest BCUT2D eigenvalue weighted by Crippen LogP contribution is -2.18. The van der Waals surface area contributed by atoms with Crippen LogP contribution in [0.5, 0.6) is 5.75 Å². The van der Waals surface area contributed by atoms with Crippen molar-refractivity contribution >= 4 is 23.7 Å². The van der Waals surface area contributed by atoms with E-state index in [1.54, 1.807) is 16.7 Å². The highest BCUT2D eigenvalue weighted by molar-refractivity contribution is 8.04. The molecule has 1 heterocycles. The van der Waals surface area contributed by atoms with E-state index in [0.29, 0.717) is 11.6 Å². The highest BCUT2D eigenvalue weighted by Crippen LogP contribution is 2.37. The number of aromatic hydroxyl groups is 1. The van der Waals surface area contributed by atoms with Gasteiger partial charge in [0.1, 0.15) is 5.75 Å². The Balaban J connectivity index is 2.50. The van der Waals surface area contributed by atoms with Crippen molar-refractivity contribution in [3.05, 3.63) is 33.7 Å². The van der Waals surface area contributed by atoms with Crippen molar-refractivity contribution in [1.29, 1.82) is 0 Å². The second-order valence-corrected chi connectivity index (χ2v) is 7.85. The number of amides is 1. The van der Waals surface area contributed by atoms with E-state index in [4.69, 9.17) is 0 Å². The predicted molar refractivity (Wildman–Crippen MR) is 94.0 cm³/mol. The van der Waals surface area contributed by atoms with Crippen molar-refractivity contribution in [3.63, 3.8) is 0 Å². The molecule has 2 rings (SSSR count). The number of phenols is 1. The van der Waals surface area contributed by atoms with Crippen LogP contribution in [-0.2, 0) is 16.6 Å². The highest BCUT2D eigenvalue weighted by atomic mass is 32.2. The first-order valence-electron chi connectivity index (χ1n) is 7.70. The van der Waals surface area contributed by atoms with Crippen LogP contribution >= 0.6 is 11.8 Å². The van der Waals surface area contributed by atoms with Gasteiger partial charge in [-0.1, -0.05) is 45.9 Å². The Morgan fingerprint density at radius 3 is 2.55 bits per heavy atom. The van der Waals surface area contributed by atoms with E-state index in [1.165, 1.54) is 0 Å². The molecule has 1 aromatic carbocycles. The van der Waals surface area contributed by atoms with Crippen LogP contribution < -0.4 is 0 Å². The van der Waals surface area contributed by atoms with Crippen LogP contribution in [0, 0.1) is 0 Å². The summed E-state index contributed by atoms with van der Waals surface area (Å²) in [6.45, 7) is 8.39. The molecule has 4 heteroatoms. The Bertz CT molecular complexity index is 614. The summed E-state index contributed by atoms with van der Waals surface area (Å²) in [6, 6.07) is 4.01. The smallest absolute Gasteiger partial charge is 0.260 e. The lowest BCUT2D eigenvalue weighted by molar-refractivity contribution is -0.123. The molecule has 0 radical (unpaired) electrons. The summed E-state index contributed by atoms with van der Waals surface area (Å²) in [5.41, 5.74) is 2.77. The number of benzene rings is 1. The predicted octanol–water partition coefficient (Wildman–Crippen LogP) is 4.15. The zero-order chi connectivity index (χ0) is 16.5. The largest absolute Gasteiger partial charge is 0.507 e. The molecule has 1 fully saturated rings. The fourth-order valence-electron chi connectivity index (χ4n) is 2.56. The number of aryl methyl sites for hydroxylation is 1. The first-order chi connectivity index (χ1) is 10.2. The first-order valence-corrected chi connectivity index (χ1v) is 8.69. The fraction of sp³-hybridized carbons (Fsp3) is 0.500. The molecule has 0 aromatic heterocycles. The number of hydrogen-bond acceptors (Lipinski definition) is 3. The van der Waals surface area contributed by atoms with E-state index in [0.717, 1.165) is 34.4 Å². The molecule has 3 nitrogen and oxygen atoms in total. The second-order valence-electron chi connectivity index (χ2n) is 6.86. The maximum absolute atomic E-state index is 12.1. The topological polar surface area (TPSA) is 40.5 Å².